The summed E-state index contributed by atoms with van der Waals surface area (Å²) in [5, 5.41) is 0. The highest BCUT2D eigenvalue weighted by Gasteiger charge is 2.12. The van der Waals surface area contributed by atoms with Crippen molar-refractivity contribution in [2.24, 2.45) is 11.7 Å². The summed E-state index contributed by atoms with van der Waals surface area (Å²) in [5.74, 6) is 0.718. The molecule has 84 valence electrons. The van der Waals surface area contributed by atoms with E-state index in [0.29, 0.717) is 18.9 Å². The quantitative estimate of drug-likeness (QED) is 0.679. The monoisotopic (exact) mass is 200 g/mol. The van der Waals surface area contributed by atoms with Crippen LogP contribution in [0, 0.1) is 5.92 Å². The Morgan fingerprint density at radius 3 is 2.43 bits per heavy atom. The summed E-state index contributed by atoms with van der Waals surface area (Å²) in [7, 11) is 0. The third-order valence-electron chi connectivity index (χ3n) is 2.06. The van der Waals surface area contributed by atoms with Gasteiger partial charge in [-0.15, -0.1) is 0 Å². The standard InChI is InChI=1S/C11H24N2O/c1-4-7-13(8-5-6-12)11(14)9-10(2)3/h10H,4-9,12H2,1-3H3. The van der Waals surface area contributed by atoms with E-state index in [1.807, 2.05) is 4.90 Å². The van der Waals surface area contributed by atoms with E-state index < -0.39 is 0 Å². The minimum atomic E-state index is 0.273. The van der Waals surface area contributed by atoms with Crippen molar-refractivity contribution >= 4 is 5.91 Å². The second-order valence-electron chi connectivity index (χ2n) is 4.12. The fourth-order valence-electron chi connectivity index (χ4n) is 1.39. The molecule has 0 bridgehead atoms. The first kappa shape index (κ1) is 13.4. The van der Waals surface area contributed by atoms with Crippen LogP contribution < -0.4 is 5.73 Å². The average Bonchev–Trinajstić information content (AvgIpc) is 2.10. The summed E-state index contributed by atoms with van der Waals surface area (Å²) in [6, 6.07) is 0. The Balaban J connectivity index is 3.97. The first-order chi connectivity index (χ1) is 6.61. The van der Waals surface area contributed by atoms with Gasteiger partial charge in [0.1, 0.15) is 0 Å². The van der Waals surface area contributed by atoms with Crippen LogP contribution in [0.2, 0.25) is 0 Å². The Kier molecular flexibility index (Phi) is 7.48. The molecule has 0 spiro atoms. The number of carbonyl (C=O) groups is 1. The highest BCUT2D eigenvalue weighted by molar-refractivity contribution is 5.76. The summed E-state index contributed by atoms with van der Waals surface area (Å²) < 4.78 is 0. The van der Waals surface area contributed by atoms with Crippen molar-refractivity contribution in [3.63, 3.8) is 0 Å². The fraction of sp³-hybridized carbons (Fsp3) is 0.909. The Hall–Kier alpha value is -0.570. The van der Waals surface area contributed by atoms with E-state index in [9.17, 15) is 4.79 Å². The molecule has 0 aromatic carbocycles. The summed E-state index contributed by atoms with van der Waals surface area (Å²) in [4.78, 5) is 13.7. The molecule has 3 heteroatoms. The second kappa shape index (κ2) is 7.80. The van der Waals surface area contributed by atoms with Gasteiger partial charge in [-0.2, -0.15) is 0 Å². The number of hydrogen-bond donors (Lipinski definition) is 1. The van der Waals surface area contributed by atoms with Crippen LogP contribution in [0.25, 0.3) is 0 Å². The molecule has 0 radical (unpaired) electrons. The largest absolute Gasteiger partial charge is 0.343 e. The van der Waals surface area contributed by atoms with Crippen LogP contribution in [-0.4, -0.2) is 30.4 Å². The first-order valence-electron chi connectivity index (χ1n) is 5.59. The van der Waals surface area contributed by atoms with E-state index in [1.165, 1.54) is 0 Å². The summed E-state index contributed by atoms with van der Waals surface area (Å²) in [6.07, 6.45) is 2.59. The zero-order valence-electron chi connectivity index (χ0n) is 9.75. The van der Waals surface area contributed by atoms with Crippen LogP contribution >= 0.6 is 0 Å². The minimum Gasteiger partial charge on any atom is -0.343 e. The van der Waals surface area contributed by atoms with E-state index in [1.54, 1.807) is 0 Å². The number of nitrogens with two attached hydrogens (primary N) is 1. The minimum absolute atomic E-state index is 0.273. The first-order valence-corrected chi connectivity index (χ1v) is 5.59. The van der Waals surface area contributed by atoms with Gasteiger partial charge in [-0.25, -0.2) is 0 Å². The molecule has 0 saturated heterocycles. The number of hydrogen-bond acceptors (Lipinski definition) is 2. The third kappa shape index (κ3) is 5.97. The van der Waals surface area contributed by atoms with E-state index in [0.717, 1.165) is 25.9 Å². The van der Waals surface area contributed by atoms with Crippen LogP contribution in [0.15, 0.2) is 0 Å². The molecule has 0 aliphatic carbocycles. The van der Waals surface area contributed by atoms with E-state index in [-0.39, 0.29) is 5.91 Å². The Labute approximate surface area is 87.6 Å². The smallest absolute Gasteiger partial charge is 0.222 e. The summed E-state index contributed by atoms with van der Waals surface area (Å²) in [5.41, 5.74) is 5.44. The lowest BCUT2D eigenvalue weighted by molar-refractivity contribution is -0.132. The molecule has 0 heterocycles. The molecule has 3 nitrogen and oxygen atoms in total. The van der Waals surface area contributed by atoms with Gasteiger partial charge in [0.15, 0.2) is 0 Å². The highest BCUT2D eigenvalue weighted by Crippen LogP contribution is 2.05. The number of amides is 1. The summed E-state index contributed by atoms with van der Waals surface area (Å²) in [6.45, 7) is 8.59. The van der Waals surface area contributed by atoms with Crippen molar-refractivity contribution in [1.29, 1.82) is 0 Å². The molecular formula is C11H24N2O. The Bertz CT molecular complexity index is 157. The van der Waals surface area contributed by atoms with Crippen LogP contribution in [0.3, 0.4) is 0 Å². The van der Waals surface area contributed by atoms with Gasteiger partial charge in [-0.3, -0.25) is 4.79 Å². The van der Waals surface area contributed by atoms with Gasteiger partial charge < -0.3 is 10.6 Å². The Morgan fingerprint density at radius 1 is 1.36 bits per heavy atom. The summed E-state index contributed by atoms with van der Waals surface area (Å²) >= 11 is 0. The highest BCUT2D eigenvalue weighted by atomic mass is 16.2. The van der Waals surface area contributed by atoms with Crippen molar-refractivity contribution in [3.8, 4) is 0 Å². The van der Waals surface area contributed by atoms with E-state index in [2.05, 4.69) is 20.8 Å². The predicted molar refractivity (Wildman–Crippen MR) is 60.0 cm³/mol. The van der Waals surface area contributed by atoms with Crippen molar-refractivity contribution in [3.05, 3.63) is 0 Å². The molecule has 0 aliphatic rings. The number of carbonyl (C=O) groups excluding carboxylic acids is 1. The van der Waals surface area contributed by atoms with Gasteiger partial charge in [0.2, 0.25) is 5.91 Å². The van der Waals surface area contributed by atoms with Crippen LogP contribution in [0.1, 0.15) is 40.0 Å². The second-order valence-corrected chi connectivity index (χ2v) is 4.12. The maximum atomic E-state index is 11.7. The third-order valence-corrected chi connectivity index (χ3v) is 2.06. The molecule has 0 fully saturated rings. The van der Waals surface area contributed by atoms with Gasteiger partial charge in [-0.05, 0) is 25.3 Å². The molecule has 0 atom stereocenters. The average molecular weight is 200 g/mol. The zero-order valence-corrected chi connectivity index (χ0v) is 9.75. The predicted octanol–water partition coefficient (Wildman–Crippen LogP) is 1.62. The van der Waals surface area contributed by atoms with Crippen LogP contribution in [0.5, 0.6) is 0 Å². The zero-order chi connectivity index (χ0) is 11.0. The van der Waals surface area contributed by atoms with Gasteiger partial charge in [0.25, 0.3) is 0 Å². The molecule has 1 amide bonds. The van der Waals surface area contributed by atoms with Crippen molar-refractivity contribution in [1.82, 2.24) is 4.90 Å². The SMILES string of the molecule is CCCN(CCCN)C(=O)CC(C)C. The molecule has 0 aromatic rings. The van der Waals surface area contributed by atoms with Gasteiger partial charge in [0.05, 0.1) is 0 Å². The molecule has 0 saturated carbocycles. The van der Waals surface area contributed by atoms with Crippen molar-refractivity contribution in [2.75, 3.05) is 19.6 Å². The molecule has 14 heavy (non-hydrogen) atoms. The van der Waals surface area contributed by atoms with Gasteiger partial charge in [0, 0.05) is 19.5 Å². The maximum Gasteiger partial charge on any atom is 0.222 e. The maximum absolute atomic E-state index is 11.7. The van der Waals surface area contributed by atoms with E-state index in [4.69, 9.17) is 5.73 Å². The van der Waals surface area contributed by atoms with Crippen LogP contribution in [-0.2, 0) is 4.79 Å². The number of nitrogens with zero attached hydrogens (tertiary/aromatic N) is 1. The molecule has 0 unspecified atom stereocenters. The fourth-order valence-corrected chi connectivity index (χ4v) is 1.39. The van der Waals surface area contributed by atoms with Crippen LogP contribution in [0.4, 0.5) is 0 Å². The van der Waals surface area contributed by atoms with Gasteiger partial charge >= 0.3 is 0 Å². The van der Waals surface area contributed by atoms with Crippen molar-refractivity contribution in [2.45, 2.75) is 40.0 Å². The topological polar surface area (TPSA) is 46.3 Å². The lowest BCUT2D eigenvalue weighted by atomic mass is 10.1. The molecular weight excluding hydrogens is 176 g/mol. The van der Waals surface area contributed by atoms with Gasteiger partial charge in [-0.1, -0.05) is 20.8 Å². The number of rotatable bonds is 7. The molecule has 0 aromatic heterocycles. The molecule has 0 rings (SSSR count). The normalized spacial score (nSPS) is 10.6. The van der Waals surface area contributed by atoms with E-state index >= 15 is 0 Å². The lowest BCUT2D eigenvalue weighted by Gasteiger charge is -2.22. The lowest BCUT2D eigenvalue weighted by Crippen LogP contribution is -2.34. The molecule has 2 N–H and O–H groups in total. The molecule has 0 aliphatic heterocycles. The Morgan fingerprint density at radius 2 is 2.00 bits per heavy atom. The van der Waals surface area contributed by atoms with Crippen molar-refractivity contribution < 1.29 is 4.79 Å².